The van der Waals surface area contributed by atoms with E-state index in [-0.39, 0.29) is 17.4 Å². The van der Waals surface area contributed by atoms with E-state index in [1.807, 2.05) is 12.1 Å². The van der Waals surface area contributed by atoms with E-state index in [1.165, 1.54) is 12.0 Å². The molecule has 29 heavy (non-hydrogen) atoms. The van der Waals surface area contributed by atoms with Crippen molar-refractivity contribution in [2.45, 2.75) is 64.0 Å². The highest BCUT2D eigenvalue weighted by atomic mass is 16.5. The Labute approximate surface area is 171 Å². The number of benzene rings is 1. The van der Waals surface area contributed by atoms with E-state index in [9.17, 15) is 4.79 Å². The van der Waals surface area contributed by atoms with Gasteiger partial charge in [-0.3, -0.25) is 4.79 Å². The molecule has 8 heteroatoms. The van der Waals surface area contributed by atoms with Gasteiger partial charge in [-0.1, -0.05) is 19.3 Å². The van der Waals surface area contributed by atoms with Crippen molar-refractivity contribution >= 4 is 5.91 Å². The van der Waals surface area contributed by atoms with Crippen LogP contribution in [0.15, 0.2) is 18.5 Å². The van der Waals surface area contributed by atoms with Gasteiger partial charge in [0.1, 0.15) is 6.33 Å². The SMILES string of the molecule is COc1cc2c(cc1OC)[C@@H](NC(=O)CC1(Cn3cnnn3)CCCCC1)CC2. The Hall–Kier alpha value is -2.64. The molecular formula is C21H29N5O3. The fraction of sp³-hybridized carbons (Fsp3) is 0.619. The van der Waals surface area contributed by atoms with E-state index in [4.69, 9.17) is 9.47 Å². The van der Waals surface area contributed by atoms with Gasteiger partial charge in [0.25, 0.3) is 0 Å². The van der Waals surface area contributed by atoms with Crippen molar-refractivity contribution in [1.82, 2.24) is 25.5 Å². The normalized spacial score (nSPS) is 20.1. The van der Waals surface area contributed by atoms with Crippen molar-refractivity contribution in [3.63, 3.8) is 0 Å². The van der Waals surface area contributed by atoms with Crippen LogP contribution in [0.25, 0.3) is 0 Å². The molecule has 8 nitrogen and oxygen atoms in total. The lowest BCUT2D eigenvalue weighted by molar-refractivity contribution is -0.125. The molecule has 0 saturated heterocycles. The number of nitrogens with zero attached hydrogens (tertiary/aromatic N) is 4. The summed E-state index contributed by atoms with van der Waals surface area (Å²) in [5.41, 5.74) is 2.28. The fourth-order valence-corrected chi connectivity index (χ4v) is 4.96. The molecule has 2 aliphatic carbocycles. The summed E-state index contributed by atoms with van der Waals surface area (Å²) in [4.78, 5) is 13.1. The largest absolute Gasteiger partial charge is 0.493 e. The Bertz CT molecular complexity index is 846. The van der Waals surface area contributed by atoms with Gasteiger partial charge >= 0.3 is 0 Å². The summed E-state index contributed by atoms with van der Waals surface area (Å²) in [5.74, 6) is 1.54. The number of aromatic nitrogens is 4. The van der Waals surface area contributed by atoms with E-state index in [0.717, 1.165) is 49.8 Å². The number of ether oxygens (including phenoxy) is 2. The molecular weight excluding hydrogens is 370 g/mol. The fourth-order valence-electron chi connectivity index (χ4n) is 4.96. The minimum Gasteiger partial charge on any atom is -0.493 e. The van der Waals surface area contributed by atoms with Gasteiger partial charge in [-0.15, -0.1) is 5.10 Å². The summed E-state index contributed by atoms with van der Waals surface area (Å²) in [6.07, 6.45) is 9.58. The van der Waals surface area contributed by atoms with Crippen LogP contribution in [0, 0.1) is 5.41 Å². The predicted octanol–water partition coefficient (Wildman–Crippen LogP) is 2.83. The zero-order valence-corrected chi connectivity index (χ0v) is 17.2. The van der Waals surface area contributed by atoms with Gasteiger partial charge in [-0.05, 0) is 64.8 Å². The van der Waals surface area contributed by atoms with Crippen LogP contribution in [-0.4, -0.2) is 40.3 Å². The predicted molar refractivity (Wildman–Crippen MR) is 107 cm³/mol. The van der Waals surface area contributed by atoms with Gasteiger partial charge in [-0.25, -0.2) is 4.68 Å². The summed E-state index contributed by atoms with van der Waals surface area (Å²) in [6.45, 7) is 0.694. The number of aryl methyl sites for hydroxylation is 1. The van der Waals surface area contributed by atoms with Crippen molar-refractivity contribution in [2.24, 2.45) is 5.41 Å². The highest BCUT2D eigenvalue weighted by Crippen LogP contribution is 2.42. The molecule has 1 atom stereocenters. The Morgan fingerprint density at radius 2 is 1.97 bits per heavy atom. The van der Waals surface area contributed by atoms with Crippen LogP contribution in [0.3, 0.4) is 0 Å². The molecule has 1 aromatic carbocycles. The first-order valence-electron chi connectivity index (χ1n) is 10.4. The number of nitrogens with one attached hydrogen (secondary N) is 1. The lowest BCUT2D eigenvalue weighted by Crippen LogP contribution is -2.37. The zero-order chi connectivity index (χ0) is 20.3. The maximum absolute atomic E-state index is 13.1. The minimum absolute atomic E-state index is 0.0194. The number of amides is 1. The molecule has 1 N–H and O–H groups in total. The number of hydrogen-bond donors (Lipinski definition) is 1. The van der Waals surface area contributed by atoms with Crippen LogP contribution < -0.4 is 14.8 Å². The molecule has 2 aromatic rings. The molecule has 0 unspecified atom stereocenters. The molecule has 1 saturated carbocycles. The zero-order valence-electron chi connectivity index (χ0n) is 17.2. The topological polar surface area (TPSA) is 91.2 Å². The third-order valence-corrected chi connectivity index (χ3v) is 6.40. The summed E-state index contributed by atoms with van der Waals surface area (Å²) >= 11 is 0. The van der Waals surface area contributed by atoms with Crippen molar-refractivity contribution in [3.05, 3.63) is 29.6 Å². The van der Waals surface area contributed by atoms with Gasteiger partial charge in [0, 0.05) is 6.42 Å². The number of carbonyl (C=O) groups is 1. The van der Waals surface area contributed by atoms with Crippen LogP contribution in [0.1, 0.15) is 62.1 Å². The van der Waals surface area contributed by atoms with E-state index in [0.29, 0.717) is 18.7 Å². The molecule has 4 rings (SSSR count). The van der Waals surface area contributed by atoms with E-state index < -0.39 is 0 Å². The molecule has 0 aliphatic heterocycles. The number of methoxy groups -OCH3 is 2. The van der Waals surface area contributed by atoms with E-state index >= 15 is 0 Å². The molecule has 156 valence electrons. The number of rotatable bonds is 7. The second-order valence-corrected chi connectivity index (χ2v) is 8.31. The summed E-state index contributed by atoms with van der Waals surface area (Å²) in [6, 6.07) is 4.05. The highest BCUT2D eigenvalue weighted by molar-refractivity contribution is 5.77. The summed E-state index contributed by atoms with van der Waals surface area (Å²) in [7, 11) is 3.28. The molecule has 1 amide bonds. The van der Waals surface area contributed by atoms with Gasteiger partial charge < -0.3 is 14.8 Å². The van der Waals surface area contributed by atoms with Crippen molar-refractivity contribution in [1.29, 1.82) is 0 Å². The average Bonchev–Trinajstić information content (AvgIpc) is 3.37. The highest BCUT2D eigenvalue weighted by Gasteiger charge is 2.36. The maximum atomic E-state index is 13.1. The van der Waals surface area contributed by atoms with Crippen LogP contribution in [-0.2, 0) is 17.8 Å². The molecule has 1 aromatic heterocycles. The number of fused-ring (bicyclic) bond motifs is 1. The van der Waals surface area contributed by atoms with Crippen LogP contribution in [0.4, 0.5) is 0 Å². The van der Waals surface area contributed by atoms with Crippen LogP contribution in [0.2, 0.25) is 0 Å². The lowest BCUT2D eigenvalue weighted by atomic mass is 9.71. The maximum Gasteiger partial charge on any atom is 0.221 e. The standard InChI is InChI=1S/C21H29N5O3/c1-28-18-10-15-6-7-17(16(15)11-19(18)29-2)23-20(27)12-21(8-4-3-5-9-21)13-26-14-22-24-25-26/h10-11,14,17H,3-9,12-13H2,1-2H3,(H,23,27)/t17-/m0/s1. The van der Waals surface area contributed by atoms with Gasteiger partial charge in [0.2, 0.25) is 5.91 Å². The van der Waals surface area contributed by atoms with Crippen molar-refractivity contribution < 1.29 is 14.3 Å². The molecule has 0 spiro atoms. The summed E-state index contributed by atoms with van der Waals surface area (Å²) in [5, 5.41) is 14.8. The number of tetrazole rings is 1. The minimum atomic E-state index is -0.0727. The lowest BCUT2D eigenvalue weighted by Gasteiger charge is -2.36. The van der Waals surface area contributed by atoms with Crippen LogP contribution in [0.5, 0.6) is 11.5 Å². The van der Waals surface area contributed by atoms with Gasteiger partial charge in [0.15, 0.2) is 11.5 Å². The Morgan fingerprint density at radius 1 is 1.21 bits per heavy atom. The first-order valence-corrected chi connectivity index (χ1v) is 10.4. The number of carbonyl (C=O) groups excluding carboxylic acids is 1. The third-order valence-electron chi connectivity index (χ3n) is 6.40. The second-order valence-electron chi connectivity index (χ2n) is 8.31. The molecule has 0 bridgehead atoms. The molecule has 1 heterocycles. The molecule has 1 fully saturated rings. The second kappa shape index (κ2) is 8.39. The summed E-state index contributed by atoms with van der Waals surface area (Å²) < 4.78 is 12.6. The number of hydrogen-bond acceptors (Lipinski definition) is 6. The van der Waals surface area contributed by atoms with Gasteiger partial charge in [-0.2, -0.15) is 0 Å². The Balaban J connectivity index is 1.47. The average molecular weight is 399 g/mol. The van der Waals surface area contributed by atoms with E-state index in [1.54, 1.807) is 25.2 Å². The van der Waals surface area contributed by atoms with Gasteiger partial charge in [0.05, 0.1) is 26.8 Å². The van der Waals surface area contributed by atoms with E-state index in [2.05, 4.69) is 20.8 Å². The van der Waals surface area contributed by atoms with Crippen LogP contribution >= 0.6 is 0 Å². The third kappa shape index (κ3) is 4.21. The molecule has 0 radical (unpaired) electrons. The smallest absolute Gasteiger partial charge is 0.221 e. The monoisotopic (exact) mass is 399 g/mol. The Morgan fingerprint density at radius 3 is 2.66 bits per heavy atom. The quantitative estimate of drug-likeness (QED) is 0.770. The molecule has 2 aliphatic rings. The Kier molecular flexibility index (Phi) is 5.69. The van der Waals surface area contributed by atoms with Crippen molar-refractivity contribution in [2.75, 3.05) is 14.2 Å². The first kappa shape index (κ1) is 19.7. The van der Waals surface area contributed by atoms with Crippen molar-refractivity contribution in [3.8, 4) is 11.5 Å². The first-order chi connectivity index (χ1) is 14.1.